The number of nitrogens with zero attached hydrogens (tertiary/aromatic N) is 2. The van der Waals surface area contributed by atoms with Crippen molar-refractivity contribution in [1.82, 2.24) is 9.88 Å². The molecule has 0 spiro atoms. The first-order valence-corrected chi connectivity index (χ1v) is 9.72. The SMILES string of the molecule is COc1ccc(CNC(=O)/C(C#N)=C\c2cc(C)n(-c3ccccc3C)c2C)cc1. The number of para-hydroxylation sites is 1. The van der Waals surface area contributed by atoms with E-state index >= 15 is 0 Å². The smallest absolute Gasteiger partial charge is 0.262 e. The van der Waals surface area contributed by atoms with Crippen LogP contribution >= 0.6 is 0 Å². The highest BCUT2D eigenvalue weighted by Crippen LogP contribution is 2.24. The minimum atomic E-state index is -0.394. The molecule has 2 aromatic carbocycles. The van der Waals surface area contributed by atoms with Gasteiger partial charge in [-0.05, 0) is 67.8 Å². The standard InChI is InChI=1S/C25H25N3O2/c1-17-7-5-6-8-24(17)28-18(2)13-21(19(28)3)14-22(15-26)25(29)27-16-20-9-11-23(30-4)12-10-20/h5-14H,16H2,1-4H3,(H,27,29)/b22-14-. The molecule has 3 rings (SSSR count). The molecule has 1 N–H and O–H groups in total. The van der Waals surface area contributed by atoms with Crippen LogP contribution in [-0.4, -0.2) is 17.6 Å². The van der Waals surface area contributed by atoms with Gasteiger partial charge in [-0.25, -0.2) is 0 Å². The van der Waals surface area contributed by atoms with Gasteiger partial charge >= 0.3 is 0 Å². The van der Waals surface area contributed by atoms with Crippen molar-refractivity contribution in [2.24, 2.45) is 0 Å². The fourth-order valence-corrected chi connectivity index (χ4v) is 3.44. The van der Waals surface area contributed by atoms with Crippen molar-refractivity contribution in [2.45, 2.75) is 27.3 Å². The van der Waals surface area contributed by atoms with Crippen molar-refractivity contribution in [2.75, 3.05) is 7.11 Å². The van der Waals surface area contributed by atoms with Gasteiger partial charge in [-0.2, -0.15) is 5.26 Å². The maximum atomic E-state index is 12.6. The highest BCUT2D eigenvalue weighted by Gasteiger charge is 2.14. The second-order valence-electron chi connectivity index (χ2n) is 7.15. The Labute approximate surface area is 177 Å². The van der Waals surface area contributed by atoms with Crippen LogP contribution in [0.2, 0.25) is 0 Å². The highest BCUT2D eigenvalue weighted by molar-refractivity contribution is 6.01. The number of nitrogens with one attached hydrogen (secondary N) is 1. The van der Waals surface area contributed by atoms with Crippen LogP contribution in [0.1, 0.15) is 28.1 Å². The zero-order valence-electron chi connectivity index (χ0n) is 17.7. The number of benzene rings is 2. The lowest BCUT2D eigenvalue weighted by molar-refractivity contribution is -0.117. The summed E-state index contributed by atoms with van der Waals surface area (Å²) >= 11 is 0. The number of aromatic nitrogens is 1. The fraction of sp³-hybridized carbons (Fsp3) is 0.200. The molecule has 30 heavy (non-hydrogen) atoms. The number of carbonyl (C=O) groups is 1. The first-order chi connectivity index (χ1) is 14.4. The second-order valence-corrected chi connectivity index (χ2v) is 7.15. The summed E-state index contributed by atoms with van der Waals surface area (Å²) < 4.78 is 7.28. The zero-order chi connectivity index (χ0) is 21.7. The van der Waals surface area contributed by atoms with Crippen LogP contribution < -0.4 is 10.1 Å². The average molecular weight is 399 g/mol. The van der Waals surface area contributed by atoms with Gasteiger partial charge in [-0.3, -0.25) is 4.79 Å². The molecular formula is C25H25N3O2. The lowest BCUT2D eigenvalue weighted by Gasteiger charge is -2.12. The molecule has 5 nitrogen and oxygen atoms in total. The monoisotopic (exact) mass is 399 g/mol. The summed E-state index contributed by atoms with van der Waals surface area (Å²) in [6.07, 6.45) is 1.65. The number of aryl methyl sites for hydroxylation is 2. The van der Waals surface area contributed by atoms with Gasteiger partial charge in [0.15, 0.2) is 0 Å². The van der Waals surface area contributed by atoms with Crippen LogP contribution in [0.3, 0.4) is 0 Å². The first kappa shape index (κ1) is 20.9. The molecule has 0 unspecified atom stereocenters. The number of methoxy groups -OCH3 is 1. The molecule has 0 bridgehead atoms. The number of hydrogen-bond acceptors (Lipinski definition) is 3. The highest BCUT2D eigenvalue weighted by atomic mass is 16.5. The summed E-state index contributed by atoms with van der Waals surface area (Å²) in [5.74, 6) is 0.362. The molecule has 0 aliphatic rings. The first-order valence-electron chi connectivity index (χ1n) is 9.72. The molecule has 1 aromatic heterocycles. The maximum Gasteiger partial charge on any atom is 0.262 e. The molecule has 152 valence electrons. The second kappa shape index (κ2) is 9.15. The molecule has 0 aliphatic carbocycles. The molecule has 0 atom stereocenters. The van der Waals surface area contributed by atoms with Crippen LogP contribution in [0.4, 0.5) is 0 Å². The van der Waals surface area contributed by atoms with Crippen LogP contribution in [0, 0.1) is 32.1 Å². The molecular weight excluding hydrogens is 374 g/mol. The van der Waals surface area contributed by atoms with Crippen molar-refractivity contribution in [3.63, 3.8) is 0 Å². The number of amides is 1. The molecule has 3 aromatic rings. The summed E-state index contributed by atoms with van der Waals surface area (Å²) in [5, 5.41) is 12.4. The van der Waals surface area contributed by atoms with E-state index in [1.54, 1.807) is 13.2 Å². The average Bonchev–Trinajstić information content (AvgIpc) is 3.03. The molecule has 0 fully saturated rings. The van der Waals surface area contributed by atoms with Crippen molar-refractivity contribution in [3.05, 3.63) is 88.2 Å². The van der Waals surface area contributed by atoms with Gasteiger partial charge in [0.2, 0.25) is 0 Å². The minimum absolute atomic E-state index is 0.0774. The topological polar surface area (TPSA) is 67.0 Å². The molecule has 0 aliphatic heterocycles. The lowest BCUT2D eigenvalue weighted by Crippen LogP contribution is -2.23. The van der Waals surface area contributed by atoms with Crippen molar-refractivity contribution < 1.29 is 9.53 Å². The third kappa shape index (κ3) is 4.44. The van der Waals surface area contributed by atoms with E-state index < -0.39 is 5.91 Å². The molecule has 0 saturated heterocycles. The van der Waals surface area contributed by atoms with E-state index in [1.807, 2.05) is 62.4 Å². The summed E-state index contributed by atoms with van der Waals surface area (Å²) in [4.78, 5) is 12.6. The van der Waals surface area contributed by atoms with E-state index in [4.69, 9.17) is 4.74 Å². The van der Waals surface area contributed by atoms with Gasteiger partial charge < -0.3 is 14.6 Å². The summed E-state index contributed by atoms with van der Waals surface area (Å²) in [5.41, 5.74) is 6.14. The van der Waals surface area contributed by atoms with E-state index in [9.17, 15) is 10.1 Å². The molecule has 1 amide bonds. The molecule has 5 heteroatoms. The van der Waals surface area contributed by atoms with Crippen molar-refractivity contribution in [3.8, 4) is 17.5 Å². The third-order valence-electron chi connectivity index (χ3n) is 5.10. The van der Waals surface area contributed by atoms with Crippen molar-refractivity contribution >= 4 is 12.0 Å². The lowest BCUT2D eigenvalue weighted by atomic mass is 10.1. The normalized spacial score (nSPS) is 11.1. The summed E-state index contributed by atoms with van der Waals surface area (Å²) in [6, 6.07) is 19.6. The Balaban J connectivity index is 1.82. The Kier molecular flexibility index (Phi) is 6.38. The van der Waals surface area contributed by atoms with Gasteiger partial charge in [-0.1, -0.05) is 30.3 Å². The van der Waals surface area contributed by atoms with Crippen molar-refractivity contribution in [1.29, 1.82) is 5.26 Å². The van der Waals surface area contributed by atoms with Gasteiger partial charge in [0.25, 0.3) is 5.91 Å². The largest absolute Gasteiger partial charge is 0.497 e. The molecule has 1 heterocycles. The Morgan fingerprint density at radius 1 is 1.13 bits per heavy atom. The number of nitriles is 1. The van der Waals surface area contributed by atoms with E-state index in [1.165, 1.54) is 0 Å². The van der Waals surface area contributed by atoms with Crippen LogP contribution in [-0.2, 0) is 11.3 Å². The summed E-state index contributed by atoms with van der Waals surface area (Å²) in [7, 11) is 1.61. The van der Waals surface area contributed by atoms with Crippen LogP contribution in [0.25, 0.3) is 11.8 Å². The van der Waals surface area contributed by atoms with E-state index in [0.717, 1.165) is 39.5 Å². The zero-order valence-corrected chi connectivity index (χ0v) is 17.7. The summed E-state index contributed by atoms with van der Waals surface area (Å²) in [6.45, 7) is 6.42. The third-order valence-corrected chi connectivity index (χ3v) is 5.10. The number of hydrogen-bond donors (Lipinski definition) is 1. The fourth-order valence-electron chi connectivity index (χ4n) is 3.44. The number of ether oxygens (including phenoxy) is 1. The van der Waals surface area contributed by atoms with Crippen LogP contribution in [0.15, 0.2) is 60.2 Å². The Morgan fingerprint density at radius 3 is 2.47 bits per heavy atom. The predicted octanol–water partition coefficient (Wildman–Crippen LogP) is 4.63. The van der Waals surface area contributed by atoms with E-state index in [0.29, 0.717) is 6.54 Å². The van der Waals surface area contributed by atoms with E-state index in [-0.39, 0.29) is 5.57 Å². The minimum Gasteiger partial charge on any atom is -0.497 e. The van der Waals surface area contributed by atoms with Gasteiger partial charge in [0, 0.05) is 23.6 Å². The number of carbonyl (C=O) groups excluding carboxylic acids is 1. The Bertz CT molecular complexity index is 1130. The Morgan fingerprint density at radius 2 is 1.83 bits per heavy atom. The van der Waals surface area contributed by atoms with Gasteiger partial charge in [0.1, 0.15) is 17.4 Å². The quantitative estimate of drug-likeness (QED) is 0.485. The maximum absolute atomic E-state index is 12.6. The van der Waals surface area contributed by atoms with Gasteiger partial charge in [-0.15, -0.1) is 0 Å². The molecule has 0 radical (unpaired) electrons. The number of rotatable bonds is 6. The molecule has 0 saturated carbocycles. The van der Waals surface area contributed by atoms with Gasteiger partial charge in [0.05, 0.1) is 7.11 Å². The Hall–Kier alpha value is -3.78. The predicted molar refractivity (Wildman–Crippen MR) is 118 cm³/mol. The van der Waals surface area contributed by atoms with Crippen LogP contribution in [0.5, 0.6) is 5.75 Å². The van der Waals surface area contributed by atoms with E-state index in [2.05, 4.69) is 28.9 Å².